The number of nitrogens with one attached hydrogen (secondary N) is 1. The van der Waals surface area contributed by atoms with Gasteiger partial charge in [0.15, 0.2) is 5.78 Å². The highest BCUT2D eigenvalue weighted by Gasteiger charge is 2.49. The predicted molar refractivity (Wildman–Crippen MR) is 129 cm³/mol. The van der Waals surface area contributed by atoms with E-state index in [-0.39, 0.29) is 11.5 Å². The first kappa shape index (κ1) is 23.9. The van der Waals surface area contributed by atoms with Crippen molar-refractivity contribution in [2.24, 2.45) is 0 Å². The minimum absolute atomic E-state index is 0.122. The lowest BCUT2D eigenvalue weighted by molar-refractivity contribution is -0.384. The number of hydrogen-bond acceptors (Lipinski definition) is 5. The van der Waals surface area contributed by atoms with Crippen LogP contribution in [0.2, 0.25) is 0 Å². The highest BCUT2D eigenvalue weighted by atomic mass is 16.6. The number of carbonyl (C=O) groups is 3. The van der Waals surface area contributed by atoms with Gasteiger partial charge >= 0.3 is 6.03 Å². The fourth-order valence-electron chi connectivity index (χ4n) is 4.49. The van der Waals surface area contributed by atoms with E-state index in [2.05, 4.69) is 22.0 Å². The summed E-state index contributed by atoms with van der Waals surface area (Å²) < 4.78 is 2.06. The molecule has 3 aromatic rings. The number of Topliss-reactive ketones (excluding diaryl/α,β-unsaturated/α-hetero) is 1. The molecule has 1 saturated heterocycles. The van der Waals surface area contributed by atoms with E-state index in [4.69, 9.17) is 0 Å². The van der Waals surface area contributed by atoms with Crippen LogP contribution < -0.4 is 5.32 Å². The largest absolute Gasteiger partial charge is 0.348 e. The number of nitrogens with zero attached hydrogens (tertiary/aromatic N) is 3. The van der Waals surface area contributed by atoms with Gasteiger partial charge in [-0.3, -0.25) is 24.6 Å². The van der Waals surface area contributed by atoms with Crippen LogP contribution in [0.5, 0.6) is 0 Å². The van der Waals surface area contributed by atoms with Gasteiger partial charge in [-0.15, -0.1) is 0 Å². The first-order valence-corrected chi connectivity index (χ1v) is 11.2. The number of imide groups is 1. The Labute approximate surface area is 202 Å². The van der Waals surface area contributed by atoms with Gasteiger partial charge in [0, 0.05) is 35.6 Å². The van der Waals surface area contributed by atoms with E-state index < -0.39 is 28.9 Å². The maximum absolute atomic E-state index is 13.2. The highest BCUT2D eigenvalue weighted by molar-refractivity contribution is 6.11. The summed E-state index contributed by atoms with van der Waals surface area (Å²) in [6.45, 7) is 5.62. The van der Waals surface area contributed by atoms with Crippen LogP contribution >= 0.6 is 0 Å². The van der Waals surface area contributed by atoms with Crippen molar-refractivity contribution in [3.8, 4) is 0 Å². The smallest absolute Gasteiger partial charge is 0.325 e. The molecule has 0 spiro atoms. The minimum atomic E-state index is -1.42. The van der Waals surface area contributed by atoms with Gasteiger partial charge in [-0.1, -0.05) is 30.3 Å². The predicted octanol–water partition coefficient (Wildman–Crippen LogP) is 3.91. The van der Waals surface area contributed by atoms with Crippen molar-refractivity contribution in [2.45, 2.75) is 39.3 Å². The van der Waals surface area contributed by atoms with E-state index in [9.17, 15) is 24.5 Å². The third kappa shape index (κ3) is 4.44. The van der Waals surface area contributed by atoms with E-state index in [1.165, 1.54) is 36.8 Å². The van der Waals surface area contributed by atoms with Crippen LogP contribution in [0.3, 0.4) is 0 Å². The number of rotatable bonds is 8. The Morgan fingerprint density at radius 2 is 1.71 bits per heavy atom. The molecule has 1 fully saturated rings. The molecule has 0 saturated carbocycles. The fraction of sp³-hybridized carbons (Fsp3) is 0.269. The molecule has 3 amide bonds. The van der Waals surface area contributed by atoms with Crippen LogP contribution in [0.15, 0.2) is 60.7 Å². The van der Waals surface area contributed by atoms with Gasteiger partial charge in [-0.2, -0.15) is 0 Å². The van der Waals surface area contributed by atoms with E-state index in [1.807, 2.05) is 32.0 Å². The molecule has 180 valence electrons. The summed E-state index contributed by atoms with van der Waals surface area (Å²) in [5.41, 5.74) is 2.24. The minimum Gasteiger partial charge on any atom is -0.348 e. The quantitative estimate of drug-likeness (QED) is 0.230. The summed E-state index contributed by atoms with van der Waals surface area (Å²) in [5.74, 6) is -0.914. The Balaban J connectivity index is 1.50. The van der Waals surface area contributed by atoms with Gasteiger partial charge in [0.1, 0.15) is 5.54 Å². The lowest BCUT2D eigenvalue weighted by Gasteiger charge is -2.22. The third-order valence-corrected chi connectivity index (χ3v) is 6.57. The van der Waals surface area contributed by atoms with Crippen molar-refractivity contribution in [3.05, 3.63) is 98.9 Å². The number of aromatic nitrogens is 1. The van der Waals surface area contributed by atoms with E-state index in [0.29, 0.717) is 17.7 Å². The first-order chi connectivity index (χ1) is 16.6. The number of ketones is 1. The first-order valence-electron chi connectivity index (χ1n) is 11.2. The van der Waals surface area contributed by atoms with Gasteiger partial charge in [-0.25, -0.2) is 4.79 Å². The van der Waals surface area contributed by atoms with Crippen LogP contribution in [-0.2, 0) is 23.3 Å². The monoisotopic (exact) mass is 474 g/mol. The molecule has 1 N–H and O–H groups in total. The zero-order valence-electron chi connectivity index (χ0n) is 19.8. The van der Waals surface area contributed by atoms with Gasteiger partial charge in [-0.05, 0) is 56.5 Å². The zero-order chi connectivity index (χ0) is 25.3. The number of amides is 3. The molecule has 1 unspecified atom stereocenters. The number of urea groups is 1. The Morgan fingerprint density at radius 1 is 1.06 bits per heavy atom. The summed E-state index contributed by atoms with van der Waals surface area (Å²) >= 11 is 0. The second-order valence-electron chi connectivity index (χ2n) is 8.85. The summed E-state index contributed by atoms with van der Waals surface area (Å²) in [5, 5.41) is 13.6. The van der Waals surface area contributed by atoms with Gasteiger partial charge in [0.2, 0.25) is 0 Å². The summed E-state index contributed by atoms with van der Waals surface area (Å²) in [4.78, 5) is 50.3. The molecule has 2 heterocycles. The maximum Gasteiger partial charge on any atom is 0.325 e. The molecule has 1 atom stereocenters. The Kier molecular flexibility index (Phi) is 6.26. The number of hydrogen-bond donors (Lipinski definition) is 1. The molecule has 1 aliphatic heterocycles. The maximum atomic E-state index is 13.2. The number of nitro groups is 1. The topological polar surface area (TPSA) is 115 Å². The average Bonchev–Trinajstić information content (AvgIpc) is 3.25. The van der Waals surface area contributed by atoms with Crippen LogP contribution in [0.1, 0.15) is 39.8 Å². The molecule has 0 bridgehead atoms. The summed E-state index contributed by atoms with van der Waals surface area (Å²) in [6.07, 6.45) is 0.811. The van der Waals surface area contributed by atoms with Gasteiger partial charge in [0.25, 0.3) is 11.6 Å². The fourth-order valence-corrected chi connectivity index (χ4v) is 4.49. The number of nitro benzene ring substituents is 1. The summed E-state index contributed by atoms with van der Waals surface area (Å²) in [6, 6.07) is 16.6. The lowest BCUT2D eigenvalue weighted by atomic mass is 9.92. The molecule has 1 aromatic heterocycles. The van der Waals surface area contributed by atoms with Crippen LogP contribution in [0, 0.1) is 24.0 Å². The van der Waals surface area contributed by atoms with Crippen molar-refractivity contribution in [1.29, 1.82) is 0 Å². The molecule has 9 nitrogen and oxygen atoms in total. The van der Waals surface area contributed by atoms with Crippen molar-refractivity contribution in [3.63, 3.8) is 0 Å². The third-order valence-electron chi connectivity index (χ3n) is 6.57. The second-order valence-corrected chi connectivity index (χ2v) is 8.85. The Morgan fingerprint density at radius 3 is 2.34 bits per heavy atom. The molecule has 4 rings (SSSR count). The normalized spacial score (nSPS) is 17.5. The van der Waals surface area contributed by atoms with E-state index in [1.54, 1.807) is 6.07 Å². The van der Waals surface area contributed by atoms with Crippen molar-refractivity contribution < 1.29 is 19.3 Å². The molecule has 0 radical (unpaired) electrons. The van der Waals surface area contributed by atoms with Gasteiger partial charge in [0.05, 0.1) is 11.5 Å². The Bertz CT molecular complexity index is 1310. The molecular formula is C26H26N4O5. The van der Waals surface area contributed by atoms with E-state index >= 15 is 0 Å². The number of aryl methyl sites for hydroxylation is 2. The average molecular weight is 475 g/mol. The van der Waals surface area contributed by atoms with Crippen LogP contribution in [-0.4, -0.2) is 38.7 Å². The molecule has 35 heavy (non-hydrogen) atoms. The lowest BCUT2D eigenvalue weighted by Crippen LogP contribution is -2.41. The Hall–Kier alpha value is -4.27. The number of benzene rings is 2. The molecular weight excluding hydrogens is 448 g/mol. The van der Waals surface area contributed by atoms with Crippen molar-refractivity contribution in [1.82, 2.24) is 14.8 Å². The van der Waals surface area contributed by atoms with Crippen molar-refractivity contribution in [2.75, 3.05) is 6.54 Å². The molecule has 2 aromatic carbocycles. The van der Waals surface area contributed by atoms with Crippen LogP contribution in [0.25, 0.3) is 0 Å². The van der Waals surface area contributed by atoms with E-state index in [0.717, 1.165) is 22.7 Å². The summed E-state index contributed by atoms with van der Waals surface area (Å²) in [7, 11) is 0. The second kappa shape index (κ2) is 9.17. The zero-order valence-corrected chi connectivity index (χ0v) is 19.8. The van der Waals surface area contributed by atoms with Gasteiger partial charge < -0.3 is 9.88 Å². The standard InChI is InChI=1S/C26H26N4O5/c1-17-15-22(18(2)28(17)14-13-19-7-5-4-6-8-19)23(31)16-29-24(32)26(3,27-25(29)33)20-9-11-21(12-10-20)30(34)35/h4-12,15H,13-14,16H2,1-3H3,(H,27,33). The van der Waals surface area contributed by atoms with Crippen molar-refractivity contribution >= 4 is 23.4 Å². The molecule has 1 aliphatic rings. The van der Waals surface area contributed by atoms with Crippen LogP contribution in [0.4, 0.5) is 10.5 Å². The highest BCUT2D eigenvalue weighted by Crippen LogP contribution is 2.30. The number of carbonyl (C=O) groups excluding carboxylic acids is 3. The number of non-ortho nitro benzene ring substituents is 1. The SMILES string of the molecule is Cc1cc(C(=O)CN2C(=O)NC(C)(c3ccc([N+](=O)[O-])cc3)C2=O)c(C)n1CCc1ccccc1. The molecule has 9 heteroatoms. The molecule has 0 aliphatic carbocycles.